The molecule has 0 aliphatic heterocycles. The van der Waals surface area contributed by atoms with Crippen molar-refractivity contribution in [2.24, 2.45) is 0 Å². The summed E-state index contributed by atoms with van der Waals surface area (Å²) in [5, 5.41) is 7.57. The first kappa shape index (κ1) is 10.1. The van der Waals surface area contributed by atoms with Crippen molar-refractivity contribution in [1.29, 1.82) is 0 Å². The number of hydrogen-bond donors (Lipinski definition) is 1. The van der Waals surface area contributed by atoms with E-state index in [9.17, 15) is 0 Å². The quantitative estimate of drug-likeness (QED) is 0.615. The fourth-order valence-corrected chi connectivity index (χ4v) is 0.679. The van der Waals surface area contributed by atoms with E-state index in [0.717, 1.165) is 11.4 Å². The van der Waals surface area contributed by atoms with Crippen molar-refractivity contribution < 1.29 is 5.11 Å². The van der Waals surface area contributed by atoms with Gasteiger partial charge >= 0.3 is 0 Å². The van der Waals surface area contributed by atoms with Gasteiger partial charge < -0.3 is 5.11 Å². The number of hydrogen-bond acceptors (Lipinski definition) is 2. The van der Waals surface area contributed by atoms with Crippen LogP contribution in [0.1, 0.15) is 18.3 Å². The third-order valence-corrected chi connectivity index (χ3v) is 1.03. The summed E-state index contributed by atoms with van der Waals surface area (Å²) in [4.78, 5) is 4.17. The van der Waals surface area contributed by atoms with Gasteiger partial charge in [-0.2, -0.15) is 0 Å². The van der Waals surface area contributed by atoms with Gasteiger partial charge in [0.1, 0.15) is 0 Å². The van der Waals surface area contributed by atoms with E-state index in [1.807, 2.05) is 32.0 Å². The van der Waals surface area contributed by atoms with E-state index in [-0.39, 0.29) is 6.61 Å². The van der Waals surface area contributed by atoms with E-state index in [1.54, 1.807) is 6.92 Å². The van der Waals surface area contributed by atoms with Crippen LogP contribution in [-0.2, 0) is 0 Å². The monoisotopic (exact) mass is 153 g/mol. The van der Waals surface area contributed by atoms with Gasteiger partial charge in [-0.15, -0.1) is 0 Å². The van der Waals surface area contributed by atoms with Crippen LogP contribution in [0.25, 0.3) is 0 Å². The minimum Gasteiger partial charge on any atom is -0.397 e. The molecular formula is C9H15NO. The zero-order valence-electron chi connectivity index (χ0n) is 7.33. The maximum absolute atomic E-state index is 7.57. The molecule has 1 aromatic heterocycles. The summed E-state index contributed by atoms with van der Waals surface area (Å²) in [6.07, 6.45) is 0. The highest BCUT2D eigenvalue weighted by molar-refractivity contribution is 5.07. The Morgan fingerprint density at radius 1 is 1.27 bits per heavy atom. The van der Waals surface area contributed by atoms with Crippen molar-refractivity contribution in [2.75, 3.05) is 6.61 Å². The summed E-state index contributed by atoms with van der Waals surface area (Å²) < 4.78 is 0. The maximum Gasteiger partial charge on any atom is 0.0402 e. The number of pyridine rings is 1. The number of aromatic nitrogens is 1. The van der Waals surface area contributed by atoms with Crippen molar-refractivity contribution in [3.05, 3.63) is 29.6 Å². The molecule has 0 saturated heterocycles. The van der Waals surface area contributed by atoms with Crippen molar-refractivity contribution in [1.82, 2.24) is 4.98 Å². The number of rotatable bonds is 0. The van der Waals surface area contributed by atoms with Crippen molar-refractivity contribution >= 4 is 0 Å². The second kappa shape index (κ2) is 5.86. The molecule has 2 nitrogen and oxygen atoms in total. The Kier molecular flexibility index (Phi) is 5.39. The molecule has 0 unspecified atom stereocenters. The molecule has 0 radical (unpaired) electrons. The lowest BCUT2D eigenvalue weighted by Crippen LogP contribution is -1.81. The molecule has 0 amide bonds. The molecule has 0 atom stereocenters. The van der Waals surface area contributed by atoms with Gasteiger partial charge in [-0.25, -0.2) is 0 Å². The predicted octanol–water partition coefficient (Wildman–Crippen LogP) is 1.70. The molecule has 1 N–H and O–H groups in total. The molecule has 62 valence electrons. The van der Waals surface area contributed by atoms with Crippen LogP contribution in [0.5, 0.6) is 0 Å². The molecule has 0 aliphatic rings. The average Bonchev–Trinajstić information content (AvgIpc) is 1.88. The molecule has 1 heterocycles. The largest absolute Gasteiger partial charge is 0.397 e. The lowest BCUT2D eigenvalue weighted by atomic mass is 10.3. The average molecular weight is 153 g/mol. The predicted molar refractivity (Wildman–Crippen MR) is 46.5 cm³/mol. The molecule has 0 bridgehead atoms. The third-order valence-electron chi connectivity index (χ3n) is 1.03. The van der Waals surface area contributed by atoms with E-state index in [2.05, 4.69) is 4.98 Å². The van der Waals surface area contributed by atoms with E-state index in [4.69, 9.17) is 5.11 Å². The van der Waals surface area contributed by atoms with Crippen LogP contribution in [0, 0.1) is 13.8 Å². The molecule has 0 aliphatic carbocycles. The number of aliphatic hydroxyl groups excluding tert-OH is 1. The maximum atomic E-state index is 7.57. The Hall–Kier alpha value is -0.890. The zero-order chi connectivity index (χ0) is 8.69. The van der Waals surface area contributed by atoms with Gasteiger partial charge in [-0.3, -0.25) is 4.98 Å². The topological polar surface area (TPSA) is 33.1 Å². The smallest absolute Gasteiger partial charge is 0.0402 e. The van der Waals surface area contributed by atoms with E-state index in [1.165, 1.54) is 0 Å². The summed E-state index contributed by atoms with van der Waals surface area (Å²) in [6.45, 7) is 5.92. The van der Waals surface area contributed by atoms with Crippen molar-refractivity contribution in [3.63, 3.8) is 0 Å². The van der Waals surface area contributed by atoms with Crippen LogP contribution in [-0.4, -0.2) is 16.7 Å². The first-order valence-corrected chi connectivity index (χ1v) is 3.71. The fraction of sp³-hybridized carbons (Fsp3) is 0.444. The molecular weight excluding hydrogens is 138 g/mol. The van der Waals surface area contributed by atoms with Crippen LogP contribution < -0.4 is 0 Å². The Labute approximate surface area is 67.9 Å². The first-order chi connectivity index (χ1) is 5.20. The Bertz CT molecular complexity index is 181. The highest BCUT2D eigenvalue weighted by Gasteiger charge is 1.82. The Balaban J connectivity index is 0.000000292. The number of aryl methyl sites for hydroxylation is 2. The van der Waals surface area contributed by atoms with Gasteiger partial charge in [-0.05, 0) is 32.9 Å². The lowest BCUT2D eigenvalue weighted by molar-refractivity contribution is 0.318. The normalized spacial score (nSPS) is 8.36. The Morgan fingerprint density at radius 2 is 1.64 bits per heavy atom. The summed E-state index contributed by atoms with van der Waals surface area (Å²) >= 11 is 0. The number of nitrogens with zero attached hydrogens (tertiary/aromatic N) is 1. The molecule has 1 aromatic rings. The third kappa shape index (κ3) is 5.55. The summed E-state index contributed by atoms with van der Waals surface area (Å²) in [5.41, 5.74) is 2.18. The second-order valence-electron chi connectivity index (χ2n) is 2.24. The van der Waals surface area contributed by atoms with E-state index < -0.39 is 0 Å². The summed E-state index contributed by atoms with van der Waals surface area (Å²) in [7, 11) is 0. The SMILES string of the molecule is CCO.Cc1cccc(C)n1. The fourth-order valence-electron chi connectivity index (χ4n) is 0.679. The first-order valence-electron chi connectivity index (χ1n) is 3.71. The minimum atomic E-state index is 0.250. The molecule has 0 aromatic carbocycles. The van der Waals surface area contributed by atoms with Crippen LogP contribution in [0.15, 0.2) is 18.2 Å². The standard InChI is InChI=1S/C7H9N.C2H6O/c1-6-4-3-5-7(2)8-6;1-2-3/h3-5H,1-2H3;3H,2H2,1H3. The van der Waals surface area contributed by atoms with Gasteiger partial charge in [0, 0.05) is 18.0 Å². The van der Waals surface area contributed by atoms with Gasteiger partial charge in [0.15, 0.2) is 0 Å². The van der Waals surface area contributed by atoms with Crippen LogP contribution in [0.4, 0.5) is 0 Å². The second-order valence-corrected chi connectivity index (χ2v) is 2.24. The molecule has 0 spiro atoms. The van der Waals surface area contributed by atoms with Crippen LogP contribution >= 0.6 is 0 Å². The molecule has 1 rings (SSSR count). The zero-order valence-corrected chi connectivity index (χ0v) is 7.33. The van der Waals surface area contributed by atoms with Gasteiger partial charge in [-0.1, -0.05) is 6.07 Å². The van der Waals surface area contributed by atoms with Crippen LogP contribution in [0.3, 0.4) is 0 Å². The highest BCUT2D eigenvalue weighted by Crippen LogP contribution is 1.93. The van der Waals surface area contributed by atoms with Gasteiger partial charge in [0.05, 0.1) is 0 Å². The van der Waals surface area contributed by atoms with Gasteiger partial charge in [0.2, 0.25) is 0 Å². The lowest BCUT2D eigenvalue weighted by Gasteiger charge is -1.90. The highest BCUT2D eigenvalue weighted by atomic mass is 16.2. The van der Waals surface area contributed by atoms with Crippen molar-refractivity contribution in [2.45, 2.75) is 20.8 Å². The van der Waals surface area contributed by atoms with Crippen LogP contribution in [0.2, 0.25) is 0 Å². The van der Waals surface area contributed by atoms with E-state index in [0.29, 0.717) is 0 Å². The van der Waals surface area contributed by atoms with Crippen molar-refractivity contribution in [3.8, 4) is 0 Å². The number of aliphatic hydroxyl groups is 1. The molecule has 0 fully saturated rings. The molecule has 11 heavy (non-hydrogen) atoms. The minimum absolute atomic E-state index is 0.250. The van der Waals surface area contributed by atoms with Gasteiger partial charge in [0.25, 0.3) is 0 Å². The molecule has 2 heteroatoms. The summed E-state index contributed by atoms with van der Waals surface area (Å²) in [6, 6.07) is 6.00. The summed E-state index contributed by atoms with van der Waals surface area (Å²) in [5.74, 6) is 0. The Morgan fingerprint density at radius 3 is 1.82 bits per heavy atom. The molecule has 0 saturated carbocycles. The van der Waals surface area contributed by atoms with E-state index >= 15 is 0 Å².